The van der Waals surface area contributed by atoms with Crippen molar-refractivity contribution in [3.8, 4) is 5.75 Å². The molecule has 1 aromatic carbocycles. The van der Waals surface area contributed by atoms with Crippen molar-refractivity contribution in [2.45, 2.75) is 32.2 Å². The summed E-state index contributed by atoms with van der Waals surface area (Å²) < 4.78 is 0. The van der Waals surface area contributed by atoms with E-state index in [4.69, 9.17) is 0 Å². The minimum atomic E-state index is -0.522. The van der Waals surface area contributed by atoms with E-state index in [2.05, 4.69) is 5.32 Å². The van der Waals surface area contributed by atoms with Crippen molar-refractivity contribution in [3.05, 3.63) is 29.8 Å². The maximum Gasteiger partial charge on any atom is 0.152 e. The van der Waals surface area contributed by atoms with Gasteiger partial charge in [0.05, 0.1) is 5.54 Å². The Balaban J connectivity index is 2.84. The van der Waals surface area contributed by atoms with Crippen LogP contribution in [0.5, 0.6) is 5.75 Å². The van der Waals surface area contributed by atoms with E-state index in [0.717, 1.165) is 5.56 Å². The molecule has 1 atom stereocenters. The number of benzene rings is 1. The fraction of sp³-hybridized carbons (Fsp3) is 0.462. The molecule has 2 N–H and O–H groups in total. The molecule has 16 heavy (non-hydrogen) atoms. The predicted molar refractivity (Wildman–Crippen MR) is 64.6 cm³/mol. The standard InChI is InChI=1S/C13H19NO2/c1-4-12(16)13(2,14-3)9-10-5-7-11(15)8-6-10/h5-8,14-15H,4,9H2,1-3H3/t13-/m0/s1. The third-order valence-electron chi connectivity index (χ3n) is 2.98. The molecule has 0 saturated carbocycles. The van der Waals surface area contributed by atoms with Crippen molar-refractivity contribution < 1.29 is 9.90 Å². The second-order valence-electron chi connectivity index (χ2n) is 4.20. The third kappa shape index (κ3) is 2.83. The van der Waals surface area contributed by atoms with Crippen LogP contribution >= 0.6 is 0 Å². The van der Waals surface area contributed by atoms with Crippen LogP contribution in [0.25, 0.3) is 0 Å². The molecule has 3 heteroatoms. The number of phenols is 1. The van der Waals surface area contributed by atoms with E-state index in [-0.39, 0.29) is 11.5 Å². The first kappa shape index (κ1) is 12.7. The quantitative estimate of drug-likeness (QED) is 0.798. The fourth-order valence-corrected chi connectivity index (χ4v) is 1.74. The Bertz CT molecular complexity index is 359. The summed E-state index contributed by atoms with van der Waals surface area (Å²) in [6, 6.07) is 6.96. The molecule has 0 saturated heterocycles. The van der Waals surface area contributed by atoms with Gasteiger partial charge in [-0.1, -0.05) is 19.1 Å². The molecule has 0 aliphatic rings. The molecule has 0 aromatic heterocycles. The number of hydrogen-bond acceptors (Lipinski definition) is 3. The Morgan fingerprint density at radius 2 is 1.94 bits per heavy atom. The first-order valence-corrected chi connectivity index (χ1v) is 5.52. The van der Waals surface area contributed by atoms with E-state index >= 15 is 0 Å². The van der Waals surface area contributed by atoms with Crippen LogP contribution < -0.4 is 5.32 Å². The maximum atomic E-state index is 11.8. The largest absolute Gasteiger partial charge is 0.508 e. The lowest BCUT2D eigenvalue weighted by atomic mass is 9.87. The summed E-state index contributed by atoms with van der Waals surface area (Å²) in [6.45, 7) is 3.78. The molecular formula is C13H19NO2. The van der Waals surface area contributed by atoms with Crippen LogP contribution in [0.2, 0.25) is 0 Å². The molecule has 0 aliphatic heterocycles. The lowest BCUT2D eigenvalue weighted by Crippen LogP contribution is -2.49. The minimum Gasteiger partial charge on any atom is -0.508 e. The van der Waals surface area contributed by atoms with Gasteiger partial charge in [0.15, 0.2) is 5.78 Å². The van der Waals surface area contributed by atoms with E-state index in [1.807, 2.05) is 26.0 Å². The summed E-state index contributed by atoms with van der Waals surface area (Å²) in [4.78, 5) is 11.8. The van der Waals surface area contributed by atoms with Gasteiger partial charge in [0.25, 0.3) is 0 Å². The normalized spacial score (nSPS) is 14.4. The summed E-state index contributed by atoms with van der Waals surface area (Å²) in [6.07, 6.45) is 1.16. The van der Waals surface area contributed by atoms with E-state index in [0.29, 0.717) is 12.8 Å². The van der Waals surface area contributed by atoms with Crippen LogP contribution in [0.4, 0.5) is 0 Å². The number of aromatic hydroxyl groups is 1. The third-order valence-corrected chi connectivity index (χ3v) is 2.98. The highest BCUT2D eigenvalue weighted by molar-refractivity contribution is 5.88. The van der Waals surface area contributed by atoms with Crippen molar-refractivity contribution in [2.24, 2.45) is 0 Å². The topological polar surface area (TPSA) is 49.3 Å². The van der Waals surface area contributed by atoms with Crippen molar-refractivity contribution in [3.63, 3.8) is 0 Å². The fourth-order valence-electron chi connectivity index (χ4n) is 1.74. The van der Waals surface area contributed by atoms with Gasteiger partial charge in [0.2, 0.25) is 0 Å². The summed E-state index contributed by atoms with van der Waals surface area (Å²) in [5.74, 6) is 0.444. The van der Waals surface area contributed by atoms with E-state index in [1.54, 1.807) is 19.2 Å². The van der Waals surface area contributed by atoms with Crippen molar-refractivity contribution >= 4 is 5.78 Å². The molecule has 0 radical (unpaired) electrons. The van der Waals surface area contributed by atoms with Gasteiger partial charge in [-0.15, -0.1) is 0 Å². The molecule has 0 bridgehead atoms. The monoisotopic (exact) mass is 221 g/mol. The average Bonchev–Trinajstić information content (AvgIpc) is 2.31. The van der Waals surface area contributed by atoms with Gasteiger partial charge >= 0.3 is 0 Å². The maximum absolute atomic E-state index is 11.8. The lowest BCUT2D eigenvalue weighted by molar-refractivity contribution is -0.124. The molecule has 0 unspecified atom stereocenters. The minimum absolute atomic E-state index is 0.197. The molecule has 0 heterocycles. The van der Waals surface area contributed by atoms with Crippen LogP contribution in [-0.2, 0) is 11.2 Å². The van der Waals surface area contributed by atoms with E-state index < -0.39 is 5.54 Å². The lowest BCUT2D eigenvalue weighted by Gasteiger charge is -2.27. The van der Waals surface area contributed by atoms with Gasteiger partial charge < -0.3 is 10.4 Å². The summed E-state index contributed by atoms with van der Waals surface area (Å²) in [7, 11) is 1.80. The Labute approximate surface area is 96.5 Å². The zero-order valence-electron chi connectivity index (χ0n) is 10.1. The number of nitrogens with one attached hydrogen (secondary N) is 1. The van der Waals surface area contributed by atoms with E-state index in [1.165, 1.54) is 0 Å². The predicted octanol–water partition coefficient (Wildman–Crippen LogP) is 1.89. The first-order chi connectivity index (χ1) is 7.51. The summed E-state index contributed by atoms with van der Waals surface area (Å²) >= 11 is 0. The number of carbonyl (C=O) groups is 1. The summed E-state index contributed by atoms with van der Waals surface area (Å²) in [5, 5.41) is 12.3. The molecule has 3 nitrogen and oxygen atoms in total. The number of phenolic OH excluding ortho intramolecular Hbond substituents is 1. The van der Waals surface area contributed by atoms with Crippen LogP contribution in [0.3, 0.4) is 0 Å². The smallest absolute Gasteiger partial charge is 0.152 e. The zero-order chi connectivity index (χ0) is 12.2. The van der Waals surface area contributed by atoms with Gasteiger partial charge in [-0.05, 0) is 38.1 Å². The Kier molecular flexibility index (Phi) is 4.07. The number of hydrogen-bond donors (Lipinski definition) is 2. The number of rotatable bonds is 5. The van der Waals surface area contributed by atoms with Crippen LogP contribution in [0.15, 0.2) is 24.3 Å². The Morgan fingerprint density at radius 3 is 2.38 bits per heavy atom. The number of carbonyl (C=O) groups excluding carboxylic acids is 1. The number of ketones is 1. The molecule has 0 amide bonds. The summed E-state index contributed by atoms with van der Waals surface area (Å²) in [5.41, 5.74) is 0.516. The van der Waals surface area contributed by atoms with Gasteiger partial charge in [-0.2, -0.15) is 0 Å². The van der Waals surface area contributed by atoms with Crippen LogP contribution in [0, 0.1) is 0 Å². The van der Waals surface area contributed by atoms with Gasteiger partial charge in [0, 0.05) is 6.42 Å². The molecular weight excluding hydrogens is 202 g/mol. The SMILES string of the molecule is CCC(=O)[C@](C)(Cc1ccc(O)cc1)NC. The average molecular weight is 221 g/mol. The molecule has 88 valence electrons. The van der Waals surface area contributed by atoms with Crippen LogP contribution in [-0.4, -0.2) is 23.5 Å². The van der Waals surface area contributed by atoms with Crippen LogP contribution in [0.1, 0.15) is 25.8 Å². The van der Waals surface area contributed by atoms with E-state index in [9.17, 15) is 9.90 Å². The Morgan fingerprint density at radius 1 is 1.38 bits per heavy atom. The Hall–Kier alpha value is -1.35. The number of likely N-dealkylation sites (N-methyl/N-ethyl adjacent to an activating group) is 1. The molecule has 1 rings (SSSR count). The highest BCUT2D eigenvalue weighted by Crippen LogP contribution is 2.18. The second kappa shape index (κ2) is 5.12. The van der Waals surface area contributed by atoms with Gasteiger partial charge in [-0.3, -0.25) is 4.79 Å². The zero-order valence-corrected chi connectivity index (χ0v) is 10.1. The number of Topliss-reactive ketones (excluding diaryl/α,β-unsaturated/α-hetero) is 1. The second-order valence-corrected chi connectivity index (χ2v) is 4.20. The van der Waals surface area contributed by atoms with Crippen molar-refractivity contribution in [1.82, 2.24) is 5.32 Å². The molecule has 0 fully saturated rings. The molecule has 0 spiro atoms. The van der Waals surface area contributed by atoms with Crippen molar-refractivity contribution in [2.75, 3.05) is 7.05 Å². The van der Waals surface area contributed by atoms with Gasteiger partial charge in [-0.25, -0.2) is 0 Å². The highest BCUT2D eigenvalue weighted by Gasteiger charge is 2.29. The first-order valence-electron chi connectivity index (χ1n) is 5.52. The van der Waals surface area contributed by atoms with Crippen molar-refractivity contribution in [1.29, 1.82) is 0 Å². The molecule has 1 aromatic rings. The highest BCUT2D eigenvalue weighted by atomic mass is 16.3. The molecule has 0 aliphatic carbocycles. The van der Waals surface area contributed by atoms with Gasteiger partial charge in [0.1, 0.15) is 5.75 Å².